The molecular formula is C18H27N3O. The quantitative estimate of drug-likeness (QED) is 0.896. The molecule has 120 valence electrons. The van der Waals surface area contributed by atoms with E-state index in [4.69, 9.17) is 5.73 Å². The summed E-state index contributed by atoms with van der Waals surface area (Å²) in [5.41, 5.74) is 7.27. The van der Waals surface area contributed by atoms with Gasteiger partial charge in [0.05, 0.1) is 6.04 Å². The minimum atomic E-state index is -0.409. The van der Waals surface area contributed by atoms with Crippen molar-refractivity contribution >= 4 is 5.91 Å². The summed E-state index contributed by atoms with van der Waals surface area (Å²) in [5, 5.41) is 0. The molecule has 0 saturated carbocycles. The molecule has 0 aromatic heterocycles. The second-order valence-electron chi connectivity index (χ2n) is 6.74. The van der Waals surface area contributed by atoms with Crippen molar-refractivity contribution in [3.8, 4) is 0 Å². The lowest BCUT2D eigenvalue weighted by Gasteiger charge is -2.23. The predicted molar refractivity (Wildman–Crippen MR) is 88.5 cm³/mol. The van der Waals surface area contributed by atoms with Gasteiger partial charge in [-0.15, -0.1) is 0 Å². The van der Waals surface area contributed by atoms with Gasteiger partial charge in [-0.05, 0) is 50.3 Å². The largest absolute Gasteiger partial charge is 0.341 e. The third-order valence-corrected chi connectivity index (χ3v) is 4.93. The zero-order valence-electron chi connectivity index (χ0n) is 13.3. The highest BCUT2D eigenvalue weighted by molar-refractivity contribution is 5.82. The first-order chi connectivity index (χ1) is 10.7. The molecule has 0 bridgehead atoms. The molecule has 4 heteroatoms. The normalized spacial score (nSPS) is 23.9. The van der Waals surface area contributed by atoms with Gasteiger partial charge in [0.25, 0.3) is 0 Å². The van der Waals surface area contributed by atoms with E-state index in [-0.39, 0.29) is 5.91 Å². The molecule has 3 rings (SSSR count). The van der Waals surface area contributed by atoms with Crippen LogP contribution in [0, 0.1) is 5.92 Å². The minimum absolute atomic E-state index is 0.118. The van der Waals surface area contributed by atoms with E-state index in [9.17, 15) is 4.79 Å². The van der Waals surface area contributed by atoms with Crippen molar-refractivity contribution in [3.05, 3.63) is 35.9 Å². The SMILES string of the molecule is NC(Cc1ccccc1)C(=O)N1CCC(CN2CCCC2)C1. The number of nitrogens with zero attached hydrogens (tertiary/aromatic N) is 2. The highest BCUT2D eigenvalue weighted by Gasteiger charge is 2.30. The molecule has 22 heavy (non-hydrogen) atoms. The summed E-state index contributed by atoms with van der Waals surface area (Å²) in [6, 6.07) is 9.64. The molecule has 2 aliphatic rings. The van der Waals surface area contributed by atoms with Crippen molar-refractivity contribution in [3.63, 3.8) is 0 Å². The summed E-state index contributed by atoms with van der Waals surface area (Å²) in [6.45, 7) is 5.38. The number of nitrogens with two attached hydrogens (primary N) is 1. The van der Waals surface area contributed by atoms with E-state index in [0.29, 0.717) is 12.3 Å². The van der Waals surface area contributed by atoms with E-state index in [2.05, 4.69) is 4.90 Å². The van der Waals surface area contributed by atoms with Crippen LogP contribution in [0.4, 0.5) is 0 Å². The fraction of sp³-hybridized carbons (Fsp3) is 0.611. The second-order valence-corrected chi connectivity index (χ2v) is 6.74. The van der Waals surface area contributed by atoms with Crippen molar-refractivity contribution < 1.29 is 4.79 Å². The Hall–Kier alpha value is -1.39. The van der Waals surface area contributed by atoms with Gasteiger partial charge < -0.3 is 15.5 Å². The Morgan fingerprint density at radius 3 is 2.64 bits per heavy atom. The molecule has 2 unspecified atom stereocenters. The van der Waals surface area contributed by atoms with Gasteiger partial charge in [-0.25, -0.2) is 0 Å². The molecule has 2 N–H and O–H groups in total. The number of likely N-dealkylation sites (tertiary alicyclic amines) is 2. The average Bonchev–Trinajstić information content (AvgIpc) is 3.20. The Labute approximate surface area is 133 Å². The van der Waals surface area contributed by atoms with Crippen LogP contribution in [0.15, 0.2) is 30.3 Å². The zero-order valence-corrected chi connectivity index (χ0v) is 13.3. The van der Waals surface area contributed by atoms with E-state index in [1.807, 2.05) is 35.2 Å². The van der Waals surface area contributed by atoms with Crippen LogP contribution in [-0.4, -0.2) is 54.5 Å². The van der Waals surface area contributed by atoms with Gasteiger partial charge in [0, 0.05) is 19.6 Å². The average molecular weight is 301 g/mol. The van der Waals surface area contributed by atoms with Crippen LogP contribution in [0.25, 0.3) is 0 Å². The third-order valence-electron chi connectivity index (χ3n) is 4.93. The molecule has 0 spiro atoms. The number of benzene rings is 1. The monoisotopic (exact) mass is 301 g/mol. The van der Waals surface area contributed by atoms with Gasteiger partial charge in [0.15, 0.2) is 0 Å². The third kappa shape index (κ3) is 3.87. The first kappa shape index (κ1) is 15.5. The molecular weight excluding hydrogens is 274 g/mol. The molecule has 0 radical (unpaired) electrons. The predicted octanol–water partition coefficient (Wildman–Crippen LogP) is 1.50. The summed E-state index contributed by atoms with van der Waals surface area (Å²) in [4.78, 5) is 17.0. The zero-order chi connectivity index (χ0) is 15.4. The molecule has 2 heterocycles. The summed E-state index contributed by atoms with van der Waals surface area (Å²) >= 11 is 0. The minimum Gasteiger partial charge on any atom is -0.341 e. The number of carbonyl (C=O) groups excluding carboxylic acids is 1. The lowest BCUT2D eigenvalue weighted by molar-refractivity contribution is -0.131. The van der Waals surface area contributed by atoms with Gasteiger partial charge in [0.2, 0.25) is 5.91 Å². The van der Waals surface area contributed by atoms with Crippen molar-refractivity contribution in [1.82, 2.24) is 9.80 Å². The van der Waals surface area contributed by atoms with Crippen LogP contribution in [0.1, 0.15) is 24.8 Å². The first-order valence-corrected chi connectivity index (χ1v) is 8.53. The number of hydrogen-bond donors (Lipinski definition) is 1. The fourth-order valence-electron chi connectivity index (χ4n) is 3.70. The van der Waals surface area contributed by atoms with E-state index in [0.717, 1.165) is 31.6 Å². The molecule has 1 aromatic carbocycles. The summed E-state index contributed by atoms with van der Waals surface area (Å²) in [5.74, 6) is 0.749. The molecule has 2 aliphatic heterocycles. The Kier molecular flexibility index (Phi) is 5.11. The smallest absolute Gasteiger partial charge is 0.239 e. The molecule has 1 aromatic rings. The Morgan fingerprint density at radius 1 is 1.18 bits per heavy atom. The van der Waals surface area contributed by atoms with Crippen LogP contribution in [-0.2, 0) is 11.2 Å². The maximum Gasteiger partial charge on any atom is 0.239 e. The summed E-state index contributed by atoms with van der Waals surface area (Å²) in [6.07, 6.45) is 4.42. The van der Waals surface area contributed by atoms with Crippen LogP contribution in [0.3, 0.4) is 0 Å². The van der Waals surface area contributed by atoms with Gasteiger partial charge in [-0.1, -0.05) is 30.3 Å². The topological polar surface area (TPSA) is 49.6 Å². The Bertz CT molecular complexity index is 484. The Balaban J connectivity index is 1.48. The Morgan fingerprint density at radius 2 is 1.91 bits per heavy atom. The van der Waals surface area contributed by atoms with E-state index in [1.165, 1.54) is 25.9 Å². The molecule has 0 aliphatic carbocycles. The lowest BCUT2D eigenvalue weighted by atomic mass is 10.1. The van der Waals surface area contributed by atoms with Gasteiger partial charge in [-0.2, -0.15) is 0 Å². The maximum absolute atomic E-state index is 12.5. The van der Waals surface area contributed by atoms with Crippen LogP contribution in [0.2, 0.25) is 0 Å². The van der Waals surface area contributed by atoms with Gasteiger partial charge in [0.1, 0.15) is 0 Å². The number of carbonyl (C=O) groups is 1. The molecule has 1 amide bonds. The number of hydrogen-bond acceptors (Lipinski definition) is 3. The van der Waals surface area contributed by atoms with E-state index >= 15 is 0 Å². The van der Waals surface area contributed by atoms with Crippen molar-refractivity contribution in [1.29, 1.82) is 0 Å². The highest BCUT2D eigenvalue weighted by Crippen LogP contribution is 2.20. The van der Waals surface area contributed by atoms with E-state index < -0.39 is 6.04 Å². The van der Waals surface area contributed by atoms with E-state index in [1.54, 1.807) is 0 Å². The first-order valence-electron chi connectivity index (χ1n) is 8.53. The van der Waals surface area contributed by atoms with Gasteiger partial charge in [-0.3, -0.25) is 4.79 Å². The van der Waals surface area contributed by atoms with Crippen molar-refractivity contribution in [2.75, 3.05) is 32.7 Å². The standard InChI is InChI=1S/C18H27N3O/c19-17(12-15-6-2-1-3-7-15)18(22)21-11-8-16(14-21)13-20-9-4-5-10-20/h1-3,6-7,16-17H,4-5,8-14,19H2. The highest BCUT2D eigenvalue weighted by atomic mass is 16.2. The van der Waals surface area contributed by atoms with Crippen LogP contribution >= 0.6 is 0 Å². The van der Waals surface area contributed by atoms with Crippen LogP contribution < -0.4 is 5.73 Å². The van der Waals surface area contributed by atoms with Crippen molar-refractivity contribution in [2.45, 2.75) is 31.7 Å². The lowest BCUT2D eigenvalue weighted by Crippen LogP contribution is -2.44. The fourth-order valence-corrected chi connectivity index (χ4v) is 3.70. The van der Waals surface area contributed by atoms with Crippen LogP contribution in [0.5, 0.6) is 0 Å². The molecule has 2 fully saturated rings. The molecule has 2 saturated heterocycles. The number of rotatable bonds is 5. The van der Waals surface area contributed by atoms with Gasteiger partial charge >= 0.3 is 0 Å². The summed E-state index contributed by atoms with van der Waals surface area (Å²) < 4.78 is 0. The number of amides is 1. The molecule has 4 nitrogen and oxygen atoms in total. The summed E-state index contributed by atoms with van der Waals surface area (Å²) in [7, 11) is 0. The second kappa shape index (κ2) is 7.25. The molecule has 2 atom stereocenters. The van der Waals surface area contributed by atoms with Crippen molar-refractivity contribution in [2.24, 2.45) is 11.7 Å². The maximum atomic E-state index is 12.5.